The van der Waals surface area contributed by atoms with E-state index in [1.54, 1.807) is 0 Å². The van der Waals surface area contributed by atoms with E-state index in [9.17, 15) is 4.79 Å². The van der Waals surface area contributed by atoms with Crippen LogP contribution in [0.1, 0.15) is 63.8 Å². The highest BCUT2D eigenvalue weighted by Crippen LogP contribution is 1.89. The molecule has 0 spiro atoms. The molecule has 0 unspecified atom stereocenters. The Bertz CT molecular complexity index is 62.5. The van der Waals surface area contributed by atoms with Crippen molar-refractivity contribution < 1.29 is 9.53 Å². The summed E-state index contributed by atoms with van der Waals surface area (Å²) in [5, 5.41) is 0. The van der Waals surface area contributed by atoms with Crippen LogP contribution in [0.25, 0.3) is 0 Å². The van der Waals surface area contributed by atoms with Gasteiger partial charge >= 0.3 is 5.97 Å². The zero-order chi connectivity index (χ0) is 6.41. The summed E-state index contributed by atoms with van der Waals surface area (Å²) < 4.78 is 4.64. The molecule has 2 heteroatoms. The first-order valence-corrected chi connectivity index (χ1v) is 2.96. The molecule has 0 heterocycles. The largest absolute Gasteiger partial charge is 0.466 e. The second kappa shape index (κ2) is 30.0. The van der Waals surface area contributed by atoms with Crippen molar-refractivity contribution in [3.05, 3.63) is 0 Å². The van der Waals surface area contributed by atoms with Crippen molar-refractivity contribution in [1.29, 1.82) is 0 Å². The zero-order valence-electron chi connectivity index (χ0n) is 5.44. The molecular formula is C11H32O2. The molecule has 0 rings (SSSR count). The van der Waals surface area contributed by atoms with Gasteiger partial charge < -0.3 is 4.74 Å². The van der Waals surface area contributed by atoms with E-state index in [0.717, 1.165) is 6.42 Å². The van der Waals surface area contributed by atoms with Crippen LogP contribution in [0.15, 0.2) is 0 Å². The van der Waals surface area contributed by atoms with E-state index in [1.165, 1.54) is 0 Å². The SMILES string of the molecule is C.C.C.C.C.CCCC(=O)OCC. The quantitative estimate of drug-likeness (QED) is 0.620. The van der Waals surface area contributed by atoms with Crippen molar-refractivity contribution in [1.82, 2.24) is 0 Å². The maximum atomic E-state index is 10.4. The molecular weight excluding hydrogens is 164 g/mol. The summed E-state index contributed by atoms with van der Waals surface area (Å²) in [6.07, 6.45) is 1.42. The average Bonchev–Trinajstić information content (AvgIpc) is 1.68. The number of hydrogen-bond donors (Lipinski definition) is 0. The van der Waals surface area contributed by atoms with Gasteiger partial charge in [0.2, 0.25) is 0 Å². The second-order valence-electron chi connectivity index (χ2n) is 1.56. The molecule has 0 aromatic carbocycles. The molecule has 0 saturated heterocycles. The van der Waals surface area contributed by atoms with Crippen LogP contribution >= 0.6 is 0 Å². The lowest BCUT2D eigenvalue weighted by molar-refractivity contribution is -0.143. The third-order valence-electron chi connectivity index (χ3n) is 0.759. The van der Waals surface area contributed by atoms with E-state index in [1.807, 2.05) is 13.8 Å². The number of hydrogen-bond acceptors (Lipinski definition) is 2. The summed E-state index contributed by atoms with van der Waals surface area (Å²) in [5.41, 5.74) is 0. The zero-order valence-corrected chi connectivity index (χ0v) is 5.44. The highest BCUT2D eigenvalue weighted by molar-refractivity contribution is 5.69. The fourth-order valence-corrected chi connectivity index (χ4v) is 0.437. The van der Waals surface area contributed by atoms with Crippen molar-refractivity contribution >= 4 is 5.97 Å². The van der Waals surface area contributed by atoms with Gasteiger partial charge in [-0.15, -0.1) is 0 Å². The van der Waals surface area contributed by atoms with Crippen molar-refractivity contribution in [2.45, 2.75) is 63.8 Å². The fraction of sp³-hybridized carbons (Fsp3) is 0.909. The minimum atomic E-state index is -0.0880. The van der Waals surface area contributed by atoms with Gasteiger partial charge in [0, 0.05) is 6.42 Å². The topological polar surface area (TPSA) is 26.3 Å². The van der Waals surface area contributed by atoms with Crippen LogP contribution in [0.2, 0.25) is 0 Å². The van der Waals surface area contributed by atoms with Crippen LogP contribution in [-0.2, 0) is 9.53 Å². The standard InChI is InChI=1S/C6H12O2.5CH4/c1-3-5-6(7)8-4-2;;;;;/h3-5H2,1-2H3;5*1H4. The molecule has 0 saturated carbocycles. The molecule has 0 aromatic rings. The van der Waals surface area contributed by atoms with Crippen LogP contribution < -0.4 is 0 Å². The van der Waals surface area contributed by atoms with Gasteiger partial charge in [-0.05, 0) is 13.3 Å². The van der Waals surface area contributed by atoms with E-state index < -0.39 is 0 Å². The van der Waals surface area contributed by atoms with Crippen LogP contribution in [0.3, 0.4) is 0 Å². The molecule has 0 aliphatic heterocycles. The van der Waals surface area contributed by atoms with Gasteiger partial charge in [-0.1, -0.05) is 44.1 Å². The highest BCUT2D eigenvalue weighted by Gasteiger charge is 1.95. The lowest BCUT2D eigenvalue weighted by Crippen LogP contribution is -2.01. The Hall–Kier alpha value is -0.530. The van der Waals surface area contributed by atoms with E-state index in [4.69, 9.17) is 0 Å². The summed E-state index contributed by atoms with van der Waals surface area (Å²) in [4.78, 5) is 10.4. The third-order valence-corrected chi connectivity index (χ3v) is 0.759. The molecule has 0 N–H and O–H groups in total. The molecule has 0 fully saturated rings. The van der Waals surface area contributed by atoms with Crippen molar-refractivity contribution in [2.24, 2.45) is 0 Å². The van der Waals surface area contributed by atoms with Crippen LogP contribution in [-0.4, -0.2) is 12.6 Å². The van der Waals surface area contributed by atoms with E-state index in [0.29, 0.717) is 13.0 Å². The normalized spacial score (nSPS) is 5.38. The third kappa shape index (κ3) is 34.4. The second-order valence-corrected chi connectivity index (χ2v) is 1.56. The number of carbonyl (C=O) groups is 1. The van der Waals surface area contributed by atoms with Crippen molar-refractivity contribution in [2.75, 3.05) is 6.61 Å². The minimum absolute atomic E-state index is 0. The van der Waals surface area contributed by atoms with Crippen LogP contribution in [0.4, 0.5) is 0 Å². The predicted molar refractivity (Wildman–Crippen MR) is 65.2 cm³/mol. The van der Waals surface area contributed by atoms with Gasteiger partial charge in [-0.2, -0.15) is 0 Å². The predicted octanol–water partition coefficient (Wildman–Crippen LogP) is 4.53. The van der Waals surface area contributed by atoms with Crippen molar-refractivity contribution in [3.63, 3.8) is 0 Å². The van der Waals surface area contributed by atoms with Gasteiger partial charge in [0.05, 0.1) is 6.61 Å². The lowest BCUT2D eigenvalue weighted by atomic mass is 10.3. The first-order valence-electron chi connectivity index (χ1n) is 2.96. The summed E-state index contributed by atoms with van der Waals surface area (Å²) in [6, 6.07) is 0. The Morgan fingerprint density at radius 2 is 1.38 bits per heavy atom. The van der Waals surface area contributed by atoms with E-state index in [2.05, 4.69) is 4.74 Å². The molecule has 88 valence electrons. The first-order chi connectivity index (χ1) is 3.81. The minimum Gasteiger partial charge on any atom is -0.466 e. The molecule has 0 bridgehead atoms. The number of carbonyl (C=O) groups excluding carboxylic acids is 1. The monoisotopic (exact) mass is 196 g/mol. The average molecular weight is 196 g/mol. The lowest BCUT2D eigenvalue weighted by Gasteiger charge is -1.96. The van der Waals surface area contributed by atoms with Crippen LogP contribution in [0.5, 0.6) is 0 Å². The van der Waals surface area contributed by atoms with Gasteiger partial charge in [-0.25, -0.2) is 0 Å². The maximum Gasteiger partial charge on any atom is 0.305 e. The van der Waals surface area contributed by atoms with Gasteiger partial charge in [0.15, 0.2) is 0 Å². The summed E-state index contributed by atoms with van der Waals surface area (Å²) in [7, 11) is 0. The number of rotatable bonds is 3. The Kier molecular flexibility index (Phi) is 90.6. The number of ether oxygens (including phenoxy) is 1. The number of esters is 1. The molecule has 0 aliphatic rings. The smallest absolute Gasteiger partial charge is 0.305 e. The van der Waals surface area contributed by atoms with Crippen LogP contribution in [0, 0.1) is 0 Å². The molecule has 0 aromatic heterocycles. The maximum absolute atomic E-state index is 10.4. The summed E-state index contributed by atoms with van der Waals surface area (Å²) in [6.45, 7) is 4.27. The molecule has 2 nitrogen and oxygen atoms in total. The molecule has 0 aliphatic carbocycles. The summed E-state index contributed by atoms with van der Waals surface area (Å²) >= 11 is 0. The van der Waals surface area contributed by atoms with Gasteiger partial charge in [0.1, 0.15) is 0 Å². The summed E-state index contributed by atoms with van der Waals surface area (Å²) in [5.74, 6) is -0.0880. The van der Waals surface area contributed by atoms with Crippen molar-refractivity contribution in [3.8, 4) is 0 Å². The first kappa shape index (κ1) is 39.2. The van der Waals surface area contributed by atoms with E-state index in [-0.39, 0.29) is 43.1 Å². The molecule has 13 heavy (non-hydrogen) atoms. The molecule has 0 radical (unpaired) electrons. The highest BCUT2D eigenvalue weighted by atomic mass is 16.5. The Morgan fingerprint density at radius 3 is 1.62 bits per heavy atom. The van der Waals surface area contributed by atoms with Gasteiger partial charge in [-0.3, -0.25) is 4.79 Å². The molecule has 0 atom stereocenters. The Morgan fingerprint density at radius 1 is 1.00 bits per heavy atom. The van der Waals surface area contributed by atoms with Gasteiger partial charge in [0.25, 0.3) is 0 Å². The van der Waals surface area contributed by atoms with E-state index >= 15 is 0 Å². The Balaban J connectivity index is -0.0000000245. The fourth-order valence-electron chi connectivity index (χ4n) is 0.437. The Labute approximate surface area is 86.7 Å². The molecule has 0 amide bonds.